The van der Waals surface area contributed by atoms with E-state index in [0.29, 0.717) is 19.1 Å². The van der Waals surface area contributed by atoms with Gasteiger partial charge in [0.1, 0.15) is 6.04 Å². The van der Waals surface area contributed by atoms with E-state index in [-0.39, 0.29) is 6.04 Å². The van der Waals surface area contributed by atoms with Crippen molar-refractivity contribution in [1.82, 2.24) is 4.90 Å². The first kappa shape index (κ1) is 9.93. The predicted molar refractivity (Wildman–Crippen MR) is 51.2 cm³/mol. The second kappa shape index (κ2) is 4.28. The van der Waals surface area contributed by atoms with Crippen molar-refractivity contribution in [1.29, 1.82) is 0 Å². The second-order valence-corrected chi connectivity index (χ2v) is 4.12. The van der Waals surface area contributed by atoms with Gasteiger partial charge in [0.15, 0.2) is 0 Å². The average molecular weight is 199 g/mol. The highest BCUT2D eigenvalue weighted by molar-refractivity contribution is 5.74. The van der Waals surface area contributed by atoms with Crippen LogP contribution in [0.1, 0.15) is 19.3 Å². The summed E-state index contributed by atoms with van der Waals surface area (Å²) in [4.78, 5) is 13.2. The second-order valence-electron chi connectivity index (χ2n) is 4.12. The fourth-order valence-electron chi connectivity index (χ4n) is 2.27. The van der Waals surface area contributed by atoms with Crippen molar-refractivity contribution in [2.75, 3.05) is 26.3 Å². The third-order valence-corrected chi connectivity index (χ3v) is 3.29. The average Bonchev–Trinajstić information content (AvgIpc) is 2.12. The summed E-state index contributed by atoms with van der Waals surface area (Å²) in [5.74, 6) is -0.276. The molecule has 80 valence electrons. The van der Waals surface area contributed by atoms with Crippen LogP contribution in [0.2, 0.25) is 0 Å². The van der Waals surface area contributed by atoms with Crippen molar-refractivity contribution in [3.05, 3.63) is 0 Å². The fraction of sp³-hybridized carbons (Fsp3) is 0.900. The summed E-state index contributed by atoms with van der Waals surface area (Å²) in [6.07, 6.45) is 3.35. The number of hydrogen-bond acceptors (Lipinski definition) is 3. The highest BCUT2D eigenvalue weighted by Gasteiger charge is 2.37. The maximum atomic E-state index is 11.2. The Labute approximate surface area is 83.8 Å². The molecule has 1 atom stereocenters. The molecule has 0 radical (unpaired) electrons. The molecule has 1 aliphatic carbocycles. The SMILES string of the molecule is O=C(O)C(C1CCC1)N1CCOCC1. The number of carboxylic acids is 1. The molecule has 1 saturated heterocycles. The Morgan fingerprint density at radius 3 is 2.43 bits per heavy atom. The van der Waals surface area contributed by atoms with Gasteiger partial charge in [0.25, 0.3) is 0 Å². The molecule has 0 aromatic rings. The Morgan fingerprint density at radius 1 is 1.36 bits per heavy atom. The highest BCUT2D eigenvalue weighted by Crippen LogP contribution is 2.32. The van der Waals surface area contributed by atoms with Gasteiger partial charge in [-0.3, -0.25) is 9.69 Å². The topological polar surface area (TPSA) is 49.8 Å². The van der Waals surface area contributed by atoms with E-state index in [9.17, 15) is 9.90 Å². The van der Waals surface area contributed by atoms with Crippen LogP contribution in [-0.4, -0.2) is 48.3 Å². The molecule has 1 unspecified atom stereocenters. The number of nitrogens with zero attached hydrogens (tertiary/aromatic N) is 1. The largest absolute Gasteiger partial charge is 0.480 e. The van der Waals surface area contributed by atoms with E-state index in [0.717, 1.165) is 25.9 Å². The van der Waals surface area contributed by atoms with Crippen LogP contribution in [0.4, 0.5) is 0 Å². The minimum absolute atomic E-state index is 0.257. The summed E-state index contributed by atoms with van der Waals surface area (Å²) in [6.45, 7) is 2.90. The number of ether oxygens (including phenoxy) is 1. The third-order valence-electron chi connectivity index (χ3n) is 3.29. The van der Waals surface area contributed by atoms with Gasteiger partial charge < -0.3 is 9.84 Å². The van der Waals surface area contributed by atoms with Gasteiger partial charge in [0.05, 0.1) is 13.2 Å². The van der Waals surface area contributed by atoms with Crippen molar-refractivity contribution in [3.8, 4) is 0 Å². The molecule has 14 heavy (non-hydrogen) atoms. The first-order valence-electron chi connectivity index (χ1n) is 5.33. The lowest BCUT2D eigenvalue weighted by atomic mass is 9.79. The van der Waals surface area contributed by atoms with E-state index < -0.39 is 5.97 Å². The molecule has 2 rings (SSSR count). The minimum atomic E-state index is -0.656. The van der Waals surface area contributed by atoms with E-state index in [4.69, 9.17) is 4.74 Å². The summed E-state index contributed by atoms with van der Waals surface area (Å²) >= 11 is 0. The van der Waals surface area contributed by atoms with Gasteiger partial charge >= 0.3 is 5.97 Å². The maximum Gasteiger partial charge on any atom is 0.321 e. The van der Waals surface area contributed by atoms with Crippen molar-refractivity contribution in [2.45, 2.75) is 25.3 Å². The van der Waals surface area contributed by atoms with Crippen molar-refractivity contribution < 1.29 is 14.6 Å². The van der Waals surface area contributed by atoms with Crippen molar-refractivity contribution in [2.24, 2.45) is 5.92 Å². The normalized spacial score (nSPS) is 26.9. The van der Waals surface area contributed by atoms with E-state index in [1.807, 2.05) is 0 Å². The third kappa shape index (κ3) is 1.91. The summed E-state index contributed by atoms with van der Waals surface area (Å²) in [6, 6.07) is -0.257. The summed E-state index contributed by atoms with van der Waals surface area (Å²) in [7, 11) is 0. The lowest BCUT2D eigenvalue weighted by Gasteiger charge is -2.40. The lowest BCUT2D eigenvalue weighted by molar-refractivity contribution is -0.149. The quantitative estimate of drug-likeness (QED) is 0.722. The molecule has 2 aliphatic rings. The van der Waals surface area contributed by atoms with Crippen molar-refractivity contribution in [3.63, 3.8) is 0 Å². The highest BCUT2D eigenvalue weighted by atomic mass is 16.5. The van der Waals surface area contributed by atoms with Gasteiger partial charge in [0, 0.05) is 13.1 Å². The van der Waals surface area contributed by atoms with Crippen molar-refractivity contribution >= 4 is 5.97 Å². The van der Waals surface area contributed by atoms with Crippen LogP contribution >= 0.6 is 0 Å². The van der Waals surface area contributed by atoms with Crippen LogP contribution in [0.5, 0.6) is 0 Å². The molecule has 0 bridgehead atoms. The molecule has 1 N–H and O–H groups in total. The van der Waals surface area contributed by atoms with Gasteiger partial charge in [-0.05, 0) is 18.8 Å². The number of aliphatic carboxylic acids is 1. The van der Waals surface area contributed by atoms with E-state index in [1.54, 1.807) is 0 Å². The Balaban J connectivity index is 1.97. The van der Waals surface area contributed by atoms with Crippen LogP contribution in [0.15, 0.2) is 0 Å². The molecule has 2 fully saturated rings. The zero-order valence-electron chi connectivity index (χ0n) is 8.32. The number of hydrogen-bond donors (Lipinski definition) is 1. The van der Waals surface area contributed by atoms with Gasteiger partial charge in [-0.2, -0.15) is 0 Å². The zero-order valence-corrected chi connectivity index (χ0v) is 8.32. The Morgan fingerprint density at radius 2 is 2.00 bits per heavy atom. The smallest absolute Gasteiger partial charge is 0.321 e. The Hall–Kier alpha value is -0.610. The van der Waals surface area contributed by atoms with Gasteiger partial charge in [-0.25, -0.2) is 0 Å². The standard InChI is InChI=1S/C10H17NO3/c12-10(13)9(8-2-1-3-8)11-4-6-14-7-5-11/h8-9H,1-7H2,(H,12,13). The number of carbonyl (C=O) groups is 1. The monoisotopic (exact) mass is 199 g/mol. The van der Waals surface area contributed by atoms with Crippen LogP contribution in [0, 0.1) is 5.92 Å². The molecule has 0 aromatic carbocycles. The minimum Gasteiger partial charge on any atom is -0.480 e. The molecular formula is C10H17NO3. The van der Waals surface area contributed by atoms with Gasteiger partial charge in [-0.1, -0.05) is 6.42 Å². The molecule has 1 saturated carbocycles. The molecule has 0 aromatic heterocycles. The number of carboxylic acid groups (broad SMARTS) is 1. The van der Waals surface area contributed by atoms with Crippen LogP contribution in [0.3, 0.4) is 0 Å². The molecular weight excluding hydrogens is 182 g/mol. The molecule has 0 amide bonds. The molecule has 1 heterocycles. The molecule has 0 spiro atoms. The van der Waals surface area contributed by atoms with Crippen LogP contribution in [0.25, 0.3) is 0 Å². The zero-order chi connectivity index (χ0) is 9.97. The first-order valence-corrected chi connectivity index (χ1v) is 5.33. The summed E-state index contributed by atoms with van der Waals surface area (Å²) < 4.78 is 5.23. The Bertz CT molecular complexity index is 209. The maximum absolute atomic E-state index is 11.2. The van der Waals surface area contributed by atoms with Crippen LogP contribution in [-0.2, 0) is 9.53 Å². The van der Waals surface area contributed by atoms with Gasteiger partial charge in [-0.15, -0.1) is 0 Å². The summed E-state index contributed by atoms with van der Waals surface area (Å²) in [5, 5.41) is 9.18. The first-order chi connectivity index (χ1) is 6.79. The molecule has 4 heteroatoms. The van der Waals surface area contributed by atoms with E-state index >= 15 is 0 Å². The number of rotatable bonds is 3. The number of morpholine rings is 1. The Kier molecular flexibility index (Phi) is 3.03. The summed E-state index contributed by atoms with van der Waals surface area (Å²) in [5.41, 5.74) is 0. The fourth-order valence-corrected chi connectivity index (χ4v) is 2.27. The van der Waals surface area contributed by atoms with Crippen LogP contribution < -0.4 is 0 Å². The predicted octanol–water partition coefficient (Wildman–Crippen LogP) is 0.572. The van der Waals surface area contributed by atoms with E-state index in [2.05, 4.69) is 4.90 Å². The molecule has 1 aliphatic heterocycles. The lowest BCUT2D eigenvalue weighted by Crippen LogP contribution is -2.52. The van der Waals surface area contributed by atoms with E-state index in [1.165, 1.54) is 6.42 Å². The van der Waals surface area contributed by atoms with Gasteiger partial charge in [0.2, 0.25) is 0 Å². The molecule has 4 nitrogen and oxygen atoms in total.